The van der Waals surface area contributed by atoms with Gasteiger partial charge < -0.3 is 20.7 Å². The molecule has 6 heteroatoms. The molecule has 18 heavy (non-hydrogen) atoms. The topological polar surface area (TPSA) is 84.7 Å². The number of carbonyl (C=O) groups is 2. The fourth-order valence-corrected chi connectivity index (χ4v) is 1.97. The maximum absolute atomic E-state index is 12.0. The van der Waals surface area contributed by atoms with Crippen LogP contribution in [0.5, 0.6) is 0 Å². The van der Waals surface area contributed by atoms with Crippen LogP contribution < -0.4 is 11.1 Å². The van der Waals surface area contributed by atoms with Crippen LogP contribution in [-0.4, -0.2) is 55.6 Å². The molecule has 6 nitrogen and oxygen atoms in total. The fraction of sp³-hybridized carbons (Fsp3) is 0.833. The van der Waals surface area contributed by atoms with E-state index in [2.05, 4.69) is 5.32 Å². The van der Waals surface area contributed by atoms with Crippen molar-refractivity contribution in [1.29, 1.82) is 0 Å². The van der Waals surface area contributed by atoms with Crippen molar-refractivity contribution in [2.24, 2.45) is 11.1 Å². The number of carbonyl (C=O) groups excluding carboxylic acids is 2. The molecule has 0 aliphatic carbocycles. The van der Waals surface area contributed by atoms with Gasteiger partial charge >= 0.3 is 0 Å². The standard InChI is InChI=1S/C12H23N3O3/c1-4-15(5-2)10(16)6-14-11(17)12(3)8-18-7-9(12)13/h9H,4-8,13H2,1-3H3,(H,14,17). The highest BCUT2D eigenvalue weighted by Crippen LogP contribution is 2.26. The summed E-state index contributed by atoms with van der Waals surface area (Å²) in [6.45, 7) is 7.57. The Morgan fingerprint density at radius 3 is 2.50 bits per heavy atom. The molecule has 0 aromatic rings. The summed E-state index contributed by atoms with van der Waals surface area (Å²) < 4.78 is 5.21. The van der Waals surface area contributed by atoms with Crippen LogP contribution in [0.15, 0.2) is 0 Å². The summed E-state index contributed by atoms with van der Waals surface area (Å²) in [5.41, 5.74) is 5.12. The minimum Gasteiger partial charge on any atom is -0.379 e. The molecule has 0 radical (unpaired) electrons. The van der Waals surface area contributed by atoms with E-state index in [0.717, 1.165) is 0 Å². The van der Waals surface area contributed by atoms with Crippen LogP contribution in [0.25, 0.3) is 0 Å². The Morgan fingerprint density at radius 1 is 1.44 bits per heavy atom. The second kappa shape index (κ2) is 6.15. The first-order chi connectivity index (χ1) is 8.45. The third-order valence-corrected chi connectivity index (χ3v) is 3.55. The maximum atomic E-state index is 12.0. The monoisotopic (exact) mass is 257 g/mol. The zero-order valence-corrected chi connectivity index (χ0v) is 11.4. The minimum atomic E-state index is -0.733. The molecule has 1 rings (SSSR count). The predicted octanol–water partition coefficient (Wildman–Crippen LogP) is -0.665. The molecule has 2 atom stereocenters. The van der Waals surface area contributed by atoms with Crippen molar-refractivity contribution in [3.63, 3.8) is 0 Å². The number of nitrogens with one attached hydrogen (secondary N) is 1. The van der Waals surface area contributed by atoms with Gasteiger partial charge in [-0.05, 0) is 20.8 Å². The van der Waals surface area contributed by atoms with Crippen molar-refractivity contribution in [3.05, 3.63) is 0 Å². The maximum Gasteiger partial charge on any atom is 0.241 e. The van der Waals surface area contributed by atoms with Gasteiger partial charge in [0.05, 0.1) is 25.2 Å². The lowest BCUT2D eigenvalue weighted by molar-refractivity contribution is -0.136. The summed E-state index contributed by atoms with van der Waals surface area (Å²) >= 11 is 0. The summed E-state index contributed by atoms with van der Waals surface area (Å²) in [5, 5.41) is 2.65. The molecule has 1 aliphatic rings. The molecular weight excluding hydrogens is 234 g/mol. The molecule has 0 aromatic carbocycles. The van der Waals surface area contributed by atoms with Crippen molar-refractivity contribution in [2.45, 2.75) is 26.8 Å². The summed E-state index contributed by atoms with van der Waals surface area (Å²) in [6.07, 6.45) is 0. The molecule has 1 aliphatic heterocycles. The molecular formula is C12H23N3O3. The number of hydrogen-bond acceptors (Lipinski definition) is 4. The molecule has 104 valence electrons. The quantitative estimate of drug-likeness (QED) is 0.684. The molecule has 0 saturated carbocycles. The van der Waals surface area contributed by atoms with Crippen LogP contribution >= 0.6 is 0 Å². The van der Waals surface area contributed by atoms with E-state index in [1.165, 1.54) is 0 Å². The number of amides is 2. The molecule has 1 fully saturated rings. The number of rotatable bonds is 5. The Kier molecular flexibility index (Phi) is 5.10. The molecule has 2 unspecified atom stereocenters. The van der Waals surface area contributed by atoms with Crippen molar-refractivity contribution in [3.8, 4) is 0 Å². The molecule has 0 aromatic heterocycles. The predicted molar refractivity (Wildman–Crippen MR) is 67.8 cm³/mol. The Bertz CT molecular complexity index is 318. The number of ether oxygens (including phenoxy) is 1. The van der Waals surface area contributed by atoms with Gasteiger partial charge in [-0.1, -0.05) is 0 Å². The number of nitrogens with zero attached hydrogens (tertiary/aromatic N) is 1. The van der Waals surface area contributed by atoms with Crippen LogP contribution in [0.1, 0.15) is 20.8 Å². The van der Waals surface area contributed by atoms with E-state index in [4.69, 9.17) is 10.5 Å². The van der Waals surface area contributed by atoms with Crippen LogP contribution in [0.3, 0.4) is 0 Å². The van der Waals surface area contributed by atoms with E-state index in [-0.39, 0.29) is 24.4 Å². The first-order valence-corrected chi connectivity index (χ1v) is 6.35. The second-order valence-corrected chi connectivity index (χ2v) is 4.79. The number of likely N-dealkylation sites (N-methyl/N-ethyl adjacent to an activating group) is 1. The van der Waals surface area contributed by atoms with Gasteiger partial charge in [0, 0.05) is 19.1 Å². The first kappa shape index (κ1) is 14.9. The van der Waals surface area contributed by atoms with Gasteiger partial charge in [-0.3, -0.25) is 9.59 Å². The lowest BCUT2D eigenvalue weighted by atomic mass is 9.85. The van der Waals surface area contributed by atoms with Crippen LogP contribution in [0.2, 0.25) is 0 Å². The smallest absolute Gasteiger partial charge is 0.241 e. The Morgan fingerprint density at radius 2 is 2.06 bits per heavy atom. The number of hydrogen-bond donors (Lipinski definition) is 2. The van der Waals surface area contributed by atoms with E-state index in [9.17, 15) is 9.59 Å². The summed E-state index contributed by atoms with van der Waals surface area (Å²) in [4.78, 5) is 25.5. The first-order valence-electron chi connectivity index (χ1n) is 6.35. The van der Waals surface area contributed by atoms with Gasteiger partial charge in [0.1, 0.15) is 0 Å². The van der Waals surface area contributed by atoms with E-state index < -0.39 is 5.41 Å². The molecule has 0 bridgehead atoms. The molecule has 1 heterocycles. The summed E-state index contributed by atoms with van der Waals surface area (Å²) in [6, 6.07) is -0.318. The molecule has 3 N–H and O–H groups in total. The van der Waals surface area contributed by atoms with E-state index in [0.29, 0.717) is 26.3 Å². The Hall–Kier alpha value is -1.14. The van der Waals surface area contributed by atoms with Gasteiger partial charge in [0.15, 0.2) is 0 Å². The van der Waals surface area contributed by atoms with Crippen LogP contribution in [0, 0.1) is 5.41 Å². The lowest BCUT2D eigenvalue weighted by Gasteiger charge is -2.26. The van der Waals surface area contributed by atoms with Crippen molar-refractivity contribution in [2.75, 3.05) is 32.8 Å². The van der Waals surface area contributed by atoms with Gasteiger partial charge in [0.25, 0.3) is 0 Å². The molecule has 2 amide bonds. The van der Waals surface area contributed by atoms with E-state index >= 15 is 0 Å². The van der Waals surface area contributed by atoms with Crippen LogP contribution in [-0.2, 0) is 14.3 Å². The van der Waals surface area contributed by atoms with Gasteiger partial charge in [0.2, 0.25) is 11.8 Å². The van der Waals surface area contributed by atoms with E-state index in [1.807, 2.05) is 13.8 Å². The normalized spacial score (nSPS) is 27.0. The zero-order valence-electron chi connectivity index (χ0n) is 11.4. The molecule has 1 saturated heterocycles. The third-order valence-electron chi connectivity index (χ3n) is 3.55. The van der Waals surface area contributed by atoms with Crippen LogP contribution in [0.4, 0.5) is 0 Å². The second-order valence-electron chi connectivity index (χ2n) is 4.79. The van der Waals surface area contributed by atoms with Crippen molar-refractivity contribution in [1.82, 2.24) is 10.2 Å². The average Bonchev–Trinajstić information content (AvgIpc) is 2.69. The third kappa shape index (κ3) is 3.00. The minimum absolute atomic E-state index is 0.0167. The van der Waals surface area contributed by atoms with Crippen molar-refractivity contribution >= 4 is 11.8 Å². The SMILES string of the molecule is CCN(CC)C(=O)CNC(=O)C1(C)COCC1N. The molecule has 0 spiro atoms. The van der Waals surface area contributed by atoms with Gasteiger partial charge in [-0.2, -0.15) is 0 Å². The number of nitrogens with two attached hydrogens (primary N) is 1. The highest BCUT2D eigenvalue weighted by atomic mass is 16.5. The zero-order chi connectivity index (χ0) is 13.8. The summed E-state index contributed by atoms with van der Waals surface area (Å²) in [5.74, 6) is -0.294. The summed E-state index contributed by atoms with van der Waals surface area (Å²) in [7, 11) is 0. The lowest BCUT2D eigenvalue weighted by Crippen LogP contribution is -2.52. The van der Waals surface area contributed by atoms with Crippen molar-refractivity contribution < 1.29 is 14.3 Å². The Labute approximate surface area is 108 Å². The van der Waals surface area contributed by atoms with Gasteiger partial charge in [-0.15, -0.1) is 0 Å². The highest BCUT2D eigenvalue weighted by molar-refractivity contribution is 5.88. The average molecular weight is 257 g/mol. The highest BCUT2D eigenvalue weighted by Gasteiger charge is 2.44. The Balaban J connectivity index is 2.48. The fourth-order valence-electron chi connectivity index (χ4n) is 1.97. The largest absolute Gasteiger partial charge is 0.379 e. The van der Waals surface area contributed by atoms with E-state index in [1.54, 1.807) is 11.8 Å². The van der Waals surface area contributed by atoms with Gasteiger partial charge in [-0.25, -0.2) is 0 Å².